The first-order valence-corrected chi connectivity index (χ1v) is 8.71. The highest BCUT2D eigenvalue weighted by molar-refractivity contribution is 5.81. The molecule has 7 heteroatoms. The zero-order valence-electron chi connectivity index (χ0n) is 14.5. The second-order valence-electron chi connectivity index (χ2n) is 6.45. The molecule has 0 aliphatic carbocycles. The van der Waals surface area contributed by atoms with E-state index in [1.165, 1.54) is 16.8 Å². The summed E-state index contributed by atoms with van der Waals surface area (Å²) in [7, 11) is 0. The number of hydrogen-bond acceptors (Lipinski definition) is 4. The van der Waals surface area contributed by atoms with E-state index in [2.05, 4.69) is 5.10 Å². The highest BCUT2D eigenvalue weighted by Crippen LogP contribution is 2.22. The first kappa shape index (κ1) is 17.4. The van der Waals surface area contributed by atoms with E-state index < -0.39 is 0 Å². The first-order chi connectivity index (χ1) is 13.1. The number of aromatic nitrogens is 2. The molecule has 4 rings (SSSR count). The molecule has 1 aliphatic rings. The average Bonchev–Trinajstić information content (AvgIpc) is 2.71. The van der Waals surface area contributed by atoms with Gasteiger partial charge in [-0.25, -0.2) is 9.07 Å². The molecule has 1 atom stereocenters. The van der Waals surface area contributed by atoms with E-state index in [1.54, 1.807) is 35.4 Å². The number of rotatable bonds is 3. The van der Waals surface area contributed by atoms with Gasteiger partial charge in [-0.05, 0) is 23.8 Å². The van der Waals surface area contributed by atoms with Gasteiger partial charge in [0.1, 0.15) is 18.5 Å². The third-order valence-corrected chi connectivity index (χ3v) is 4.71. The normalized spacial score (nSPS) is 17.2. The quantitative estimate of drug-likeness (QED) is 0.712. The smallest absolute Gasteiger partial charge is 0.275 e. The van der Waals surface area contributed by atoms with Gasteiger partial charge in [0.25, 0.3) is 5.56 Å². The Morgan fingerprint density at radius 1 is 1.19 bits per heavy atom. The number of carbonyl (C=O) groups excluding carboxylic acids is 1. The zero-order valence-corrected chi connectivity index (χ0v) is 14.5. The Morgan fingerprint density at radius 3 is 2.78 bits per heavy atom. The fourth-order valence-corrected chi connectivity index (χ4v) is 3.22. The molecular formula is C20H18FN3O3. The molecule has 6 nitrogen and oxygen atoms in total. The second-order valence-corrected chi connectivity index (χ2v) is 6.45. The Labute approximate surface area is 154 Å². The van der Waals surface area contributed by atoms with Gasteiger partial charge in [-0.15, -0.1) is 0 Å². The summed E-state index contributed by atoms with van der Waals surface area (Å²) in [5.74, 6) is -0.514. The van der Waals surface area contributed by atoms with Crippen molar-refractivity contribution in [3.8, 4) is 0 Å². The third kappa shape index (κ3) is 3.59. The van der Waals surface area contributed by atoms with Gasteiger partial charge in [-0.2, -0.15) is 5.10 Å². The molecule has 2 heterocycles. The number of halogens is 1. The van der Waals surface area contributed by atoms with Crippen molar-refractivity contribution >= 4 is 16.7 Å². The molecule has 0 N–H and O–H groups in total. The van der Waals surface area contributed by atoms with Crippen LogP contribution in [0.4, 0.5) is 4.39 Å². The Balaban J connectivity index is 1.50. The number of ether oxygens (including phenoxy) is 1. The van der Waals surface area contributed by atoms with Crippen molar-refractivity contribution in [3.05, 3.63) is 76.5 Å². The van der Waals surface area contributed by atoms with Crippen molar-refractivity contribution in [1.82, 2.24) is 14.7 Å². The predicted octanol–water partition coefficient (Wildman–Crippen LogP) is 2.14. The second kappa shape index (κ2) is 7.28. The molecule has 0 bridgehead atoms. The largest absolute Gasteiger partial charge is 0.370 e. The maximum atomic E-state index is 13.1. The van der Waals surface area contributed by atoms with E-state index >= 15 is 0 Å². The van der Waals surface area contributed by atoms with Crippen LogP contribution in [-0.2, 0) is 16.1 Å². The Kier molecular flexibility index (Phi) is 4.68. The highest BCUT2D eigenvalue weighted by atomic mass is 19.1. The summed E-state index contributed by atoms with van der Waals surface area (Å²) in [6, 6.07) is 13.2. The minimum Gasteiger partial charge on any atom is -0.370 e. The topological polar surface area (TPSA) is 64.4 Å². The molecule has 3 aromatic rings. The van der Waals surface area contributed by atoms with E-state index in [9.17, 15) is 14.0 Å². The molecule has 0 spiro atoms. The summed E-state index contributed by atoms with van der Waals surface area (Å²) < 4.78 is 20.0. The number of morpholine rings is 1. The molecule has 1 aromatic heterocycles. The SMILES string of the molecule is O=C(Cn1ncc2ccccc2c1=O)N1CCOC(c2ccc(F)cc2)C1. The number of carbonyl (C=O) groups is 1. The molecule has 1 saturated heterocycles. The molecule has 138 valence electrons. The Bertz CT molecular complexity index is 1030. The van der Waals surface area contributed by atoms with Crippen molar-refractivity contribution in [2.24, 2.45) is 0 Å². The monoisotopic (exact) mass is 367 g/mol. The van der Waals surface area contributed by atoms with E-state index in [0.29, 0.717) is 25.1 Å². The van der Waals surface area contributed by atoms with Crippen molar-refractivity contribution in [3.63, 3.8) is 0 Å². The highest BCUT2D eigenvalue weighted by Gasteiger charge is 2.26. The first-order valence-electron chi connectivity index (χ1n) is 8.71. The molecule has 1 fully saturated rings. The zero-order chi connectivity index (χ0) is 18.8. The minimum atomic E-state index is -0.316. The van der Waals surface area contributed by atoms with E-state index in [-0.39, 0.29) is 29.9 Å². The lowest BCUT2D eigenvalue weighted by atomic mass is 10.1. The van der Waals surface area contributed by atoms with Crippen molar-refractivity contribution in [2.75, 3.05) is 19.7 Å². The van der Waals surface area contributed by atoms with Crippen LogP contribution < -0.4 is 5.56 Å². The standard InChI is InChI=1S/C20H18FN3O3/c21-16-7-5-14(6-8-16)18-12-23(9-10-27-18)19(25)13-24-20(26)17-4-2-1-3-15(17)11-22-24/h1-8,11,18H,9-10,12-13H2. The lowest BCUT2D eigenvalue weighted by molar-refractivity contribution is -0.139. The molecule has 0 saturated carbocycles. The number of hydrogen-bond donors (Lipinski definition) is 0. The van der Waals surface area contributed by atoms with Gasteiger partial charge in [0, 0.05) is 11.9 Å². The molecule has 1 aliphatic heterocycles. The van der Waals surface area contributed by atoms with Gasteiger partial charge in [0.05, 0.1) is 24.7 Å². The van der Waals surface area contributed by atoms with Gasteiger partial charge < -0.3 is 9.64 Å². The van der Waals surface area contributed by atoms with Gasteiger partial charge in [0.2, 0.25) is 5.91 Å². The van der Waals surface area contributed by atoms with Crippen LogP contribution in [0.3, 0.4) is 0 Å². The molecule has 1 amide bonds. The van der Waals surface area contributed by atoms with Crippen molar-refractivity contribution in [2.45, 2.75) is 12.6 Å². The molecule has 0 radical (unpaired) electrons. The number of nitrogens with zero attached hydrogens (tertiary/aromatic N) is 3. The van der Waals surface area contributed by atoms with Crippen LogP contribution in [0, 0.1) is 5.82 Å². The van der Waals surface area contributed by atoms with E-state index in [1.807, 2.05) is 12.1 Å². The summed E-state index contributed by atoms with van der Waals surface area (Å²) in [4.78, 5) is 26.9. The molecular weight excluding hydrogens is 349 g/mol. The van der Waals surface area contributed by atoms with Crippen molar-refractivity contribution < 1.29 is 13.9 Å². The molecule has 27 heavy (non-hydrogen) atoms. The van der Waals surface area contributed by atoms with Crippen LogP contribution in [0.2, 0.25) is 0 Å². The molecule has 1 unspecified atom stereocenters. The van der Waals surface area contributed by atoms with Gasteiger partial charge in [-0.3, -0.25) is 9.59 Å². The van der Waals surface area contributed by atoms with Crippen molar-refractivity contribution in [1.29, 1.82) is 0 Å². The minimum absolute atomic E-state index is 0.125. The summed E-state index contributed by atoms with van der Waals surface area (Å²) >= 11 is 0. The fourth-order valence-electron chi connectivity index (χ4n) is 3.22. The van der Waals surface area contributed by atoms with Gasteiger partial charge >= 0.3 is 0 Å². The van der Waals surface area contributed by atoms with Gasteiger partial charge in [-0.1, -0.05) is 30.3 Å². The average molecular weight is 367 g/mol. The van der Waals surface area contributed by atoms with Crippen LogP contribution in [0.15, 0.2) is 59.5 Å². The summed E-state index contributed by atoms with van der Waals surface area (Å²) in [6.45, 7) is 1.05. The summed E-state index contributed by atoms with van der Waals surface area (Å²) in [5.41, 5.74) is 0.527. The van der Waals surface area contributed by atoms with Crippen LogP contribution >= 0.6 is 0 Å². The van der Waals surface area contributed by atoms with Crippen LogP contribution in [0.1, 0.15) is 11.7 Å². The van der Waals surface area contributed by atoms with Crippen LogP contribution in [-0.4, -0.2) is 40.3 Å². The number of amides is 1. The Hall–Kier alpha value is -3.06. The fraction of sp³-hybridized carbons (Fsp3) is 0.250. The van der Waals surface area contributed by atoms with E-state index in [0.717, 1.165) is 10.9 Å². The summed E-state index contributed by atoms with van der Waals surface area (Å²) in [6.07, 6.45) is 1.27. The van der Waals surface area contributed by atoms with Crippen LogP contribution in [0.25, 0.3) is 10.8 Å². The third-order valence-electron chi connectivity index (χ3n) is 4.71. The Morgan fingerprint density at radius 2 is 1.96 bits per heavy atom. The lowest BCUT2D eigenvalue weighted by Gasteiger charge is -2.33. The van der Waals surface area contributed by atoms with Gasteiger partial charge in [0.15, 0.2) is 0 Å². The van der Waals surface area contributed by atoms with Crippen LogP contribution in [0.5, 0.6) is 0 Å². The number of benzene rings is 2. The lowest BCUT2D eigenvalue weighted by Crippen LogP contribution is -2.44. The predicted molar refractivity (Wildman–Crippen MR) is 97.7 cm³/mol. The van der Waals surface area contributed by atoms with E-state index in [4.69, 9.17) is 4.74 Å². The molecule has 2 aromatic carbocycles. The maximum Gasteiger partial charge on any atom is 0.275 e. The summed E-state index contributed by atoms with van der Waals surface area (Å²) in [5, 5.41) is 5.39. The number of fused-ring (bicyclic) bond motifs is 1. The maximum absolute atomic E-state index is 13.1.